The van der Waals surface area contributed by atoms with E-state index in [0.717, 1.165) is 19.4 Å². The Hall–Kier alpha value is -0.390. The molecule has 0 saturated heterocycles. The summed E-state index contributed by atoms with van der Waals surface area (Å²) in [6.07, 6.45) is 3.49. The molecule has 0 aromatic carbocycles. The number of hydrogen-bond donors (Lipinski definition) is 1. The number of unbranched alkanes of at least 4 members (excludes halogenated alkanes) is 1. The fraction of sp³-hybridized carbons (Fsp3) is 0.800. The fourth-order valence-corrected chi connectivity index (χ4v) is 2.25. The Kier molecular flexibility index (Phi) is 7.64. The van der Waals surface area contributed by atoms with Crippen LogP contribution in [0.25, 0.3) is 0 Å². The molecule has 0 heterocycles. The quantitative estimate of drug-likeness (QED) is 0.475. The molecular weight excluding hydrogens is 212 g/mol. The van der Waals surface area contributed by atoms with Crippen LogP contribution in [0.15, 0.2) is 12.7 Å². The van der Waals surface area contributed by atoms with Crippen molar-refractivity contribution in [2.45, 2.75) is 19.8 Å². The summed E-state index contributed by atoms with van der Waals surface area (Å²) >= 11 is 0. The Balaban J connectivity index is 3.91. The second-order valence-electron chi connectivity index (χ2n) is 3.42. The minimum absolute atomic E-state index is 0.172. The van der Waals surface area contributed by atoms with Crippen LogP contribution in [0.3, 0.4) is 0 Å². The molecule has 0 rings (SSSR count). The Labute approximate surface area is 93.4 Å². The molecule has 0 aliphatic heterocycles. The van der Waals surface area contributed by atoms with Gasteiger partial charge in [-0.25, -0.2) is 12.7 Å². The monoisotopic (exact) mass is 234 g/mol. The van der Waals surface area contributed by atoms with Crippen LogP contribution in [0.1, 0.15) is 19.8 Å². The van der Waals surface area contributed by atoms with Gasteiger partial charge in [-0.15, -0.1) is 6.58 Å². The van der Waals surface area contributed by atoms with E-state index < -0.39 is 10.0 Å². The molecule has 0 aromatic rings. The van der Waals surface area contributed by atoms with Gasteiger partial charge in [-0.1, -0.05) is 13.0 Å². The first-order valence-corrected chi connectivity index (χ1v) is 6.91. The van der Waals surface area contributed by atoms with Gasteiger partial charge in [-0.05, 0) is 19.4 Å². The van der Waals surface area contributed by atoms with Crippen molar-refractivity contribution in [1.29, 1.82) is 0 Å². The molecule has 0 atom stereocenters. The van der Waals surface area contributed by atoms with Crippen LogP contribution in [0.2, 0.25) is 0 Å². The summed E-state index contributed by atoms with van der Waals surface area (Å²) in [5.74, 6) is 0.172. The maximum atomic E-state index is 11.7. The molecule has 0 radical (unpaired) electrons. The zero-order valence-electron chi connectivity index (χ0n) is 9.70. The van der Waals surface area contributed by atoms with E-state index >= 15 is 0 Å². The molecule has 5 heteroatoms. The van der Waals surface area contributed by atoms with Gasteiger partial charge in [0, 0.05) is 20.1 Å². The molecule has 90 valence electrons. The van der Waals surface area contributed by atoms with Gasteiger partial charge in [-0.3, -0.25) is 0 Å². The minimum Gasteiger partial charge on any atom is -0.316 e. The van der Waals surface area contributed by atoms with Gasteiger partial charge in [0.05, 0.1) is 5.75 Å². The lowest BCUT2D eigenvalue weighted by Crippen LogP contribution is -2.34. The van der Waals surface area contributed by atoms with Crippen LogP contribution in [-0.2, 0) is 10.0 Å². The molecule has 0 aliphatic carbocycles. The maximum Gasteiger partial charge on any atom is 0.215 e. The summed E-state index contributed by atoms with van der Waals surface area (Å²) in [6.45, 7) is 7.45. The third-order valence-corrected chi connectivity index (χ3v) is 4.00. The molecule has 0 aliphatic rings. The third-order valence-electron chi connectivity index (χ3n) is 2.14. The van der Waals surface area contributed by atoms with E-state index in [2.05, 4.69) is 11.9 Å². The van der Waals surface area contributed by atoms with Crippen molar-refractivity contribution < 1.29 is 8.42 Å². The van der Waals surface area contributed by atoms with Crippen molar-refractivity contribution in [3.63, 3.8) is 0 Å². The zero-order chi connectivity index (χ0) is 11.7. The van der Waals surface area contributed by atoms with Gasteiger partial charge in [0.25, 0.3) is 0 Å². The Morgan fingerprint density at radius 3 is 2.67 bits per heavy atom. The predicted molar refractivity (Wildman–Crippen MR) is 64.4 cm³/mol. The summed E-state index contributed by atoms with van der Waals surface area (Å²) in [5, 5.41) is 3.00. The van der Waals surface area contributed by atoms with Crippen LogP contribution in [0.4, 0.5) is 0 Å². The minimum atomic E-state index is -3.08. The SMILES string of the molecule is C=CCCCN(C)S(=O)(=O)CCNCC. The highest BCUT2D eigenvalue weighted by Crippen LogP contribution is 2.00. The van der Waals surface area contributed by atoms with Crippen molar-refractivity contribution >= 4 is 10.0 Å². The van der Waals surface area contributed by atoms with Crippen molar-refractivity contribution in [2.24, 2.45) is 0 Å². The van der Waals surface area contributed by atoms with Gasteiger partial charge in [0.15, 0.2) is 0 Å². The van der Waals surface area contributed by atoms with E-state index in [1.807, 2.05) is 6.92 Å². The largest absolute Gasteiger partial charge is 0.316 e. The van der Waals surface area contributed by atoms with E-state index in [1.54, 1.807) is 13.1 Å². The van der Waals surface area contributed by atoms with Crippen molar-refractivity contribution in [1.82, 2.24) is 9.62 Å². The Morgan fingerprint density at radius 2 is 2.13 bits per heavy atom. The number of nitrogens with zero attached hydrogens (tertiary/aromatic N) is 1. The van der Waals surface area contributed by atoms with Crippen LogP contribution in [0.5, 0.6) is 0 Å². The number of allylic oxidation sites excluding steroid dienone is 1. The first-order chi connectivity index (χ1) is 7.04. The lowest BCUT2D eigenvalue weighted by Gasteiger charge is -2.16. The van der Waals surface area contributed by atoms with Gasteiger partial charge < -0.3 is 5.32 Å². The number of rotatable bonds is 9. The van der Waals surface area contributed by atoms with Crippen LogP contribution >= 0.6 is 0 Å². The Bertz CT molecular complexity index is 263. The topological polar surface area (TPSA) is 49.4 Å². The highest BCUT2D eigenvalue weighted by molar-refractivity contribution is 7.89. The van der Waals surface area contributed by atoms with Gasteiger partial charge in [-0.2, -0.15) is 0 Å². The second-order valence-corrected chi connectivity index (χ2v) is 5.62. The fourth-order valence-electron chi connectivity index (χ4n) is 1.13. The first-order valence-electron chi connectivity index (χ1n) is 5.30. The van der Waals surface area contributed by atoms with E-state index in [9.17, 15) is 8.42 Å². The van der Waals surface area contributed by atoms with Crippen molar-refractivity contribution in [2.75, 3.05) is 32.4 Å². The van der Waals surface area contributed by atoms with Gasteiger partial charge in [0.1, 0.15) is 0 Å². The van der Waals surface area contributed by atoms with Crippen LogP contribution < -0.4 is 5.32 Å². The molecule has 0 amide bonds. The molecule has 0 bridgehead atoms. The lowest BCUT2D eigenvalue weighted by atomic mass is 10.3. The summed E-state index contributed by atoms with van der Waals surface area (Å²) in [5.41, 5.74) is 0. The standard InChI is InChI=1S/C10H22N2O2S/c1-4-6-7-9-12(3)15(13,14)10-8-11-5-2/h4,11H,1,5-10H2,2-3H3. The smallest absolute Gasteiger partial charge is 0.215 e. The summed E-state index contributed by atoms with van der Waals surface area (Å²) in [4.78, 5) is 0. The molecule has 0 aromatic heterocycles. The molecule has 0 spiro atoms. The molecule has 15 heavy (non-hydrogen) atoms. The number of sulfonamides is 1. The molecule has 1 N–H and O–H groups in total. The summed E-state index contributed by atoms with van der Waals surface area (Å²) in [6, 6.07) is 0. The van der Waals surface area contributed by atoms with E-state index in [0.29, 0.717) is 13.1 Å². The summed E-state index contributed by atoms with van der Waals surface area (Å²) in [7, 11) is -1.45. The van der Waals surface area contributed by atoms with E-state index in [1.165, 1.54) is 4.31 Å². The van der Waals surface area contributed by atoms with Crippen LogP contribution in [0, 0.1) is 0 Å². The van der Waals surface area contributed by atoms with Crippen LogP contribution in [-0.4, -0.2) is 45.2 Å². The Morgan fingerprint density at radius 1 is 1.47 bits per heavy atom. The van der Waals surface area contributed by atoms with E-state index in [-0.39, 0.29) is 5.75 Å². The molecule has 4 nitrogen and oxygen atoms in total. The predicted octanol–water partition coefficient (Wildman–Crippen LogP) is 0.824. The molecular formula is C10H22N2O2S. The lowest BCUT2D eigenvalue weighted by molar-refractivity contribution is 0.461. The van der Waals surface area contributed by atoms with E-state index in [4.69, 9.17) is 0 Å². The number of nitrogens with one attached hydrogen (secondary N) is 1. The normalized spacial score (nSPS) is 11.9. The molecule has 0 fully saturated rings. The zero-order valence-corrected chi connectivity index (χ0v) is 10.5. The molecule has 0 saturated carbocycles. The van der Waals surface area contributed by atoms with Gasteiger partial charge in [0.2, 0.25) is 10.0 Å². The average molecular weight is 234 g/mol. The molecule has 0 unspecified atom stereocenters. The maximum absolute atomic E-state index is 11.7. The highest BCUT2D eigenvalue weighted by Gasteiger charge is 2.15. The third kappa shape index (κ3) is 6.65. The van der Waals surface area contributed by atoms with Gasteiger partial charge >= 0.3 is 0 Å². The van der Waals surface area contributed by atoms with Crippen molar-refractivity contribution in [3.05, 3.63) is 12.7 Å². The summed E-state index contributed by atoms with van der Waals surface area (Å²) < 4.78 is 24.7. The second kappa shape index (κ2) is 7.84. The average Bonchev–Trinajstić information content (AvgIpc) is 2.18. The number of hydrogen-bond acceptors (Lipinski definition) is 3. The first kappa shape index (κ1) is 14.6. The van der Waals surface area contributed by atoms with Crippen molar-refractivity contribution in [3.8, 4) is 0 Å². The highest BCUT2D eigenvalue weighted by atomic mass is 32.2.